The molecule has 0 radical (unpaired) electrons. The number of likely N-dealkylation sites (tertiary alicyclic amines) is 2. The van der Waals surface area contributed by atoms with E-state index in [1.807, 2.05) is 30.3 Å². The van der Waals surface area contributed by atoms with Crippen LogP contribution in [0.1, 0.15) is 55.3 Å². The number of nitrogens with zero attached hydrogens (tertiary/aromatic N) is 2. The van der Waals surface area contributed by atoms with Crippen LogP contribution < -0.4 is 0 Å². The van der Waals surface area contributed by atoms with Gasteiger partial charge in [-0.2, -0.15) is 0 Å². The smallest absolute Gasteiger partial charge is 0.254 e. The van der Waals surface area contributed by atoms with Crippen molar-refractivity contribution >= 4 is 5.91 Å². The molecule has 0 spiro atoms. The molecule has 3 nitrogen and oxygen atoms in total. The zero-order valence-electron chi connectivity index (χ0n) is 13.5. The third-order valence-corrected chi connectivity index (χ3v) is 5.14. The van der Waals surface area contributed by atoms with E-state index in [0.717, 1.165) is 31.5 Å². The lowest BCUT2D eigenvalue weighted by Gasteiger charge is -2.37. The highest BCUT2D eigenvalue weighted by Crippen LogP contribution is 2.23. The van der Waals surface area contributed by atoms with E-state index in [1.54, 1.807) is 0 Å². The van der Waals surface area contributed by atoms with Crippen molar-refractivity contribution < 1.29 is 4.79 Å². The van der Waals surface area contributed by atoms with Crippen LogP contribution >= 0.6 is 0 Å². The van der Waals surface area contributed by atoms with E-state index in [4.69, 9.17) is 0 Å². The largest absolute Gasteiger partial charge is 0.336 e. The molecule has 2 heterocycles. The van der Waals surface area contributed by atoms with Crippen molar-refractivity contribution in [3.63, 3.8) is 0 Å². The standard InChI is InChI=1S/C19H28N2O/c22-19(17-9-3-1-4-10-17)21-15-8-5-11-18(21)12-16-20-13-6-2-7-14-20/h1,3-4,9-10,18H,2,5-8,11-16H2. The summed E-state index contributed by atoms with van der Waals surface area (Å²) in [6.45, 7) is 4.58. The first-order valence-corrected chi connectivity index (χ1v) is 8.93. The van der Waals surface area contributed by atoms with Crippen molar-refractivity contribution in [1.82, 2.24) is 9.80 Å². The van der Waals surface area contributed by atoms with Crippen LogP contribution in [0.4, 0.5) is 0 Å². The molecule has 3 rings (SSSR count). The van der Waals surface area contributed by atoms with Gasteiger partial charge in [-0.05, 0) is 63.7 Å². The Hall–Kier alpha value is -1.35. The van der Waals surface area contributed by atoms with Gasteiger partial charge in [0.05, 0.1) is 0 Å². The molecule has 1 unspecified atom stereocenters. The fraction of sp³-hybridized carbons (Fsp3) is 0.632. The maximum Gasteiger partial charge on any atom is 0.254 e. The van der Waals surface area contributed by atoms with Gasteiger partial charge >= 0.3 is 0 Å². The zero-order chi connectivity index (χ0) is 15.2. The molecule has 1 atom stereocenters. The summed E-state index contributed by atoms with van der Waals surface area (Å²) < 4.78 is 0. The van der Waals surface area contributed by atoms with Crippen LogP contribution in [-0.2, 0) is 0 Å². The van der Waals surface area contributed by atoms with E-state index in [9.17, 15) is 4.79 Å². The highest BCUT2D eigenvalue weighted by molar-refractivity contribution is 5.94. The minimum Gasteiger partial charge on any atom is -0.336 e. The topological polar surface area (TPSA) is 23.6 Å². The molecule has 22 heavy (non-hydrogen) atoms. The second-order valence-corrected chi connectivity index (χ2v) is 6.71. The maximum absolute atomic E-state index is 12.8. The predicted octanol–water partition coefficient (Wildman–Crippen LogP) is 3.56. The second-order valence-electron chi connectivity index (χ2n) is 6.71. The number of amides is 1. The normalized spacial score (nSPS) is 23.5. The molecular formula is C19H28N2O. The number of piperidine rings is 2. The van der Waals surface area contributed by atoms with E-state index in [1.165, 1.54) is 45.2 Å². The first kappa shape index (κ1) is 15.5. The lowest BCUT2D eigenvalue weighted by Crippen LogP contribution is -2.45. The van der Waals surface area contributed by atoms with Gasteiger partial charge in [-0.1, -0.05) is 24.6 Å². The summed E-state index contributed by atoms with van der Waals surface area (Å²) in [6.07, 6.45) is 8.81. The predicted molar refractivity (Wildman–Crippen MR) is 90.0 cm³/mol. The van der Waals surface area contributed by atoms with Gasteiger partial charge in [-0.3, -0.25) is 4.79 Å². The number of hydrogen-bond donors (Lipinski definition) is 0. The van der Waals surface area contributed by atoms with Crippen LogP contribution in [0.2, 0.25) is 0 Å². The summed E-state index contributed by atoms with van der Waals surface area (Å²) in [5.74, 6) is 0.226. The van der Waals surface area contributed by atoms with E-state index in [2.05, 4.69) is 9.80 Å². The molecule has 2 aliphatic rings. The monoisotopic (exact) mass is 300 g/mol. The Labute approximate surface area is 134 Å². The van der Waals surface area contributed by atoms with Gasteiger partial charge in [0, 0.05) is 24.7 Å². The van der Waals surface area contributed by atoms with Gasteiger partial charge in [-0.25, -0.2) is 0 Å². The molecule has 0 bridgehead atoms. The van der Waals surface area contributed by atoms with Gasteiger partial charge in [0.2, 0.25) is 0 Å². The Morgan fingerprint density at radius 3 is 2.45 bits per heavy atom. The Balaban J connectivity index is 1.59. The maximum atomic E-state index is 12.8. The van der Waals surface area contributed by atoms with E-state index >= 15 is 0 Å². The molecule has 1 amide bonds. The molecular weight excluding hydrogens is 272 g/mol. The summed E-state index contributed by atoms with van der Waals surface area (Å²) in [5.41, 5.74) is 0.840. The fourth-order valence-corrected chi connectivity index (χ4v) is 3.83. The summed E-state index contributed by atoms with van der Waals surface area (Å²) in [4.78, 5) is 17.5. The summed E-state index contributed by atoms with van der Waals surface area (Å²) in [6, 6.07) is 10.2. The summed E-state index contributed by atoms with van der Waals surface area (Å²) >= 11 is 0. The third-order valence-electron chi connectivity index (χ3n) is 5.14. The van der Waals surface area contributed by atoms with E-state index < -0.39 is 0 Å². The van der Waals surface area contributed by atoms with Crippen molar-refractivity contribution in [2.75, 3.05) is 26.2 Å². The second kappa shape index (κ2) is 7.77. The Morgan fingerprint density at radius 2 is 1.68 bits per heavy atom. The van der Waals surface area contributed by atoms with Gasteiger partial charge in [0.15, 0.2) is 0 Å². The highest BCUT2D eigenvalue weighted by Gasteiger charge is 2.27. The molecule has 1 aromatic rings. The molecule has 0 aromatic heterocycles. The lowest BCUT2D eigenvalue weighted by molar-refractivity contribution is 0.0579. The molecule has 1 aromatic carbocycles. The average molecular weight is 300 g/mol. The molecule has 0 N–H and O–H groups in total. The van der Waals surface area contributed by atoms with Crippen molar-refractivity contribution in [3.8, 4) is 0 Å². The molecule has 120 valence electrons. The van der Waals surface area contributed by atoms with Crippen LogP contribution in [0.5, 0.6) is 0 Å². The minimum atomic E-state index is 0.226. The van der Waals surface area contributed by atoms with Crippen molar-refractivity contribution in [1.29, 1.82) is 0 Å². The van der Waals surface area contributed by atoms with Gasteiger partial charge < -0.3 is 9.80 Å². The average Bonchev–Trinajstić information content (AvgIpc) is 2.61. The molecule has 2 aliphatic heterocycles. The number of carbonyl (C=O) groups is 1. The van der Waals surface area contributed by atoms with Crippen LogP contribution in [0, 0.1) is 0 Å². The summed E-state index contributed by atoms with van der Waals surface area (Å²) in [7, 11) is 0. The first-order chi connectivity index (χ1) is 10.8. The zero-order valence-corrected chi connectivity index (χ0v) is 13.5. The van der Waals surface area contributed by atoms with Gasteiger partial charge in [-0.15, -0.1) is 0 Å². The van der Waals surface area contributed by atoms with Gasteiger partial charge in [0.1, 0.15) is 0 Å². The van der Waals surface area contributed by atoms with Crippen LogP contribution in [-0.4, -0.2) is 47.9 Å². The quantitative estimate of drug-likeness (QED) is 0.849. The first-order valence-electron chi connectivity index (χ1n) is 8.93. The van der Waals surface area contributed by atoms with E-state index in [-0.39, 0.29) is 5.91 Å². The molecule has 2 fully saturated rings. The van der Waals surface area contributed by atoms with Gasteiger partial charge in [0.25, 0.3) is 5.91 Å². The van der Waals surface area contributed by atoms with Crippen molar-refractivity contribution in [2.45, 2.75) is 51.0 Å². The van der Waals surface area contributed by atoms with Crippen LogP contribution in [0.3, 0.4) is 0 Å². The Bertz CT molecular complexity index is 468. The number of benzene rings is 1. The van der Waals surface area contributed by atoms with Crippen LogP contribution in [0.15, 0.2) is 30.3 Å². The number of rotatable bonds is 4. The lowest BCUT2D eigenvalue weighted by atomic mass is 9.97. The molecule has 3 heteroatoms. The number of hydrogen-bond acceptors (Lipinski definition) is 2. The van der Waals surface area contributed by atoms with Crippen molar-refractivity contribution in [3.05, 3.63) is 35.9 Å². The molecule has 0 saturated carbocycles. The minimum absolute atomic E-state index is 0.226. The summed E-state index contributed by atoms with van der Waals surface area (Å²) in [5, 5.41) is 0. The van der Waals surface area contributed by atoms with Crippen molar-refractivity contribution in [2.24, 2.45) is 0 Å². The fourth-order valence-electron chi connectivity index (χ4n) is 3.83. The molecule has 0 aliphatic carbocycles. The Kier molecular flexibility index (Phi) is 5.49. The Morgan fingerprint density at radius 1 is 0.955 bits per heavy atom. The molecule has 2 saturated heterocycles. The van der Waals surface area contributed by atoms with E-state index in [0.29, 0.717) is 6.04 Å². The SMILES string of the molecule is O=C(c1ccccc1)N1CCCCC1CCN1CCCCC1. The third kappa shape index (κ3) is 3.89. The number of carbonyl (C=O) groups excluding carboxylic acids is 1. The highest BCUT2D eigenvalue weighted by atomic mass is 16.2. The van der Waals surface area contributed by atoms with Crippen LogP contribution in [0.25, 0.3) is 0 Å².